The molecule has 0 unspecified atom stereocenters. The molecule has 1 aromatic heterocycles. The monoisotopic (exact) mass is 292 g/mol. The molecule has 1 aliphatic rings. The molecule has 0 aliphatic heterocycles. The number of hydrogen-bond acceptors (Lipinski definition) is 5. The van der Waals surface area contributed by atoms with Crippen molar-refractivity contribution in [3.05, 3.63) is 22.2 Å². The van der Waals surface area contributed by atoms with Gasteiger partial charge in [-0.15, -0.1) is 0 Å². The van der Waals surface area contributed by atoms with Crippen LogP contribution < -0.4 is 10.6 Å². The van der Waals surface area contributed by atoms with Crippen LogP contribution in [-0.4, -0.2) is 22.5 Å². The van der Waals surface area contributed by atoms with Crippen LogP contribution in [0.2, 0.25) is 0 Å². The first kappa shape index (κ1) is 15.5. The fourth-order valence-corrected chi connectivity index (χ4v) is 2.89. The third-order valence-corrected chi connectivity index (χ3v) is 4.19. The first-order chi connectivity index (χ1) is 10.1. The predicted octanol–water partition coefficient (Wildman–Crippen LogP) is 3.80. The fourth-order valence-electron chi connectivity index (χ4n) is 2.89. The van der Waals surface area contributed by atoms with Crippen LogP contribution in [0.25, 0.3) is 0 Å². The molecule has 0 spiro atoms. The Bertz CT molecular complexity index is 485. The van der Waals surface area contributed by atoms with Gasteiger partial charge in [0.25, 0.3) is 0 Å². The van der Waals surface area contributed by atoms with Gasteiger partial charge in [0.05, 0.1) is 4.92 Å². The largest absolute Gasteiger partial charge is 0.370 e. The molecule has 0 radical (unpaired) electrons. The number of nitro groups is 1. The van der Waals surface area contributed by atoms with Gasteiger partial charge in [-0.3, -0.25) is 10.1 Å². The van der Waals surface area contributed by atoms with E-state index in [0.717, 1.165) is 25.3 Å². The summed E-state index contributed by atoms with van der Waals surface area (Å²) in [6.45, 7) is 4.94. The lowest BCUT2D eigenvalue weighted by atomic mass is 9.84. The molecule has 2 rings (SSSR count). The lowest BCUT2D eigenvalue weighted by Crippen LogP contribution is -2.26. The Morgan fingerprint density at radius 1 is 1.29 bits per heavy atom. The van der Waals surface area contributed by atoms with Crippen molar-refractivity contribution in [2.24, 2.45) is 5.92 Å². The molecular formula is C15H24N4O2. The molecule has 1 aliphatic carbocycles. The highest BCUT2D eigenvalue weighted by molar-refractivity contribution is 5.60. The van der Waals surface area contributed by atoms with E-state index in [4.69, 9.17) is 0 Å². The molecule has 0 amide bonds. The van der Waals surface area contributed by atoms with Gasteiger partial charge in [0.1, 0.15) is 5.82 Å². The van der Waals surface area contributed by atoms with E-state index in [0.29, 0.717) is 11.6 Å². The second-order valence-corrected chi connectivity index (χ2v) is 5.62. The van der Waals surface area contributed by atoms with Crippen molar-refractivity contribution in [1.82, 2.24) is 4.98 Å². The number of nitrogens with one attached hydrogen (secondary N) is 2. The Hall–Kier alpha value is -1.85. The van der Waals surface area contributed by atoms with Crippen LogP contribution in [0.5, 0.6) is 0 Å². The van der Waals surface area contributed by atoms with Crippen molar-refractivity contribution in [2.75, 3.05) is 17.2 Å². The molecule has 0 saturated heterocycles. The normalized spacial score (nSPS) is 21.8. The third kappa shape index (κ3) is 4.06. The van der Waals surface area contributed by atoms with Gasteiger partial charge in [0.15, 0.2) is 0 Å². The Kier molecular flexibility index (Phi) is 5.36. The van der Waals surface area contributed by atoms with Gasteiger partial charge in [-0.2, -0.15) is 0 Å². The van der Waals surface area contributed by atoms with E-state index >= 15 is 0 Å². The molecule has 1 saturated carbocycles. The summed E-state index contributed by atoms with van der Waals surface area (Å²) in [5.74, 6) is 1.87. The van der Waals surface area contributed by atoms with Crippen LogP contribution in [0.15, 0.2) is 12.1 Å². The molecule has 6 nitrogen and oxygen atoms in total. The molecule has 0 atom stereocenters. The van der Waals surface area contributed by atoms with Gasteiger partial charge in [0, 0.05) is 18.7 Å². The number of hydrogen-bond donors (Lipinski definition) is 2. The van der Waals surface area contributed by atoms with Crippen molar-refractivity contribution in [1.29, 1.82) is 0 Å². The van der Waals surface area contributed by atoms with E-state index in [1.165, 1.54) is 25.3 Å². The average molecular weight is 292 g/mol. The van der Waals surface area contributed by atoms with E-state index in [1.807, 2.05) is 6.92 Å². The molecule has 1 aromatic rings. The Morgan fingerprint density at radius 2 is 2.00 bits per heavy atom. The molecule has 0 bridgehead atoms. The van der Waals surface area contributed by atoms with E-state index in [-0.39, 0.29) is 16.7 Å². The number of aromatic nitrogens is 1. The van der Waals surface area contributed by atoms with Crippen LogP contribution in [-0.2, 0) is 0 Å². The minimum atomic E-state index is -0.372. The van der Waals surface area contributed by atoms with Crippen LogP contribution in [0, 0.1) is 16.0 Å². The highest BCUT2D eigenvalue weighted by Crippen LogP contribution is 2.31. The van der Waals surface area contributed by atoms with E-state index < -0.39 is 0 Å². The van der Waals surface area contributed by atoms with Crippen LogP contribution in [0.3, 0.4) is 0 Å². The Morgan fingerprint density at radius 3 is 2.57 bits per heavy atom. The van der Waals surface area contributed by atoms with Gasteiger partial charge in [-0.05, 0) is 44.6 Å². The number of rotatable bonds is 6. The number of pyridine rings is 1. The summed E-state index contributed by atoms with van der Waals surface area (Å²) in [6, 6.07) is 3.46. The van der Waals surface area contributed by atoms with E-state index in [9.17, 15) is 10.1 Å². The summed E-state index contributed by atoms with van der Waals surface area (Å²) in [5, 5.41) is 17.5. The molecule has 0 aromatic carbocycles. The predicted molar refractivity (Wildman–Crippen MR) is 84.7 cm³/mol. The van der Waals surface area contributed by atoms with Gasteiger partial charge in [-0.1, -0.05) is 13.3 Å². The fraction of sp³-hybridized carbons (Fsp3) is 0.667. The standard InChI is InChI=1S/C15H24N4O2/c1-3-11-5-7-12(8-6-11)17-15-13(19(20)21)9-10-14(18-15)16-4-2/h9-12H,3-8H2,1-2H3,(H2,16,17,18). The second-order valence-electron chi connectivity index (χ2n) is 5.62. The molecule has 1 heterocycles. The van der Waals surface area contributed by atoms with E-state index in [2.05, 4.69) is 22.5 Å². The highest BCUT2D eigenvalue weighted by atomic mass is 16.6. The Balaban J connectivity index is 2.10. The lowest BCUT2D eigenvalue weighted by Gasteiger charge is -2.28. The zero-order chi connectivity index (χ0) is 15.2. The summed E-state index contributed by atoms with van der Waals surface area (Å²) in [4.78, 5) is 15.1. The number of nitrogens with zero attached hydrogens (tertiary/aromatic N) is 2. The molecule has 21 heavy (non-hydrogen) atoms. The first-order valence-corrected chi connectivity index (χ1v) is 7.79. The average Bonchev–Trinajstić information content (AvgIpc) is 2.48. The summed E-state index contributed by atoms with van der Waals surface area (Å²) >= 11 is 0. The minimum absolute atomic E-state index is 0.0502. The summed E-state index contributed by atoms with van der Waals surface area (Å²) < 4.78 is 0. The van der Waals surface area contributed by atoms with Crippen LogP contribution in [0.4, 0.5) is 17.3 Å². The van der Waals surface area contributed by atoms with Crippen molar-refractivity contribution >= 4 is 17.3 Å². The lowest BCUT2D eigenvalue weighted by molar-refractivity contribution is -0.384. The molecule has 6 heteroatoms. The second kappa shape index (κ2) is 7.24. The van der Waals surface area contributed by atoms with Gasteiger partial charge in [-0.25, -0.2) is 4.98 Å². The molecular weight excluding hydrogens is 268 g/mol. The van der Waals surface area contributed by atoms with E-state index in [1.54, 1.807) is 6.07 Å². The van der Waals surface area contributed by atoms with Gasteiger partial charge >= 0.3 is 5.69 Å². The zero-order valence-corrected chi connectivity index (χ0v) is 12.8. The zero-order valence-electron chi connectivity index (χ0n) is 12.8. The summed E-state index contributed by atoms with van der Waals surface area (Å²) in [7, 11) is 0. The topological polar surface area (TPSA) is 80.1 Å². The smallest absolute Gasteiger partial charge is 0.311 e. The molecule has 1 fully saturated rings. The summed E-state index contributed by atoms with van der Waals surface area (Å²) in [6.07, 6.45) is 5.72. The molecule has 2 N–H and O–H groups in total. The molecule has 116 valence electrons. The van der Waals surface area contributed by atoms with Crippen molar-refractivity contribution in [2.45, 2.75) is 52.0 Å². The SMILES string of the molecule is CCNc1ccc([N+](=O)[O-])c(NC2CCC(CC)CC2)n1. The van der Waals surface area contributed by atoms with Crippen molar-refractivity contribution < 1.29 is 4.92 Å². The van der Waals surface area contributed by atoms with Crippen molar-refractivity contribution in [3.8, 4) is 0 Å². The van der Waals surface area contributed by atoms with Gasteiger partial charge < -0.3 is 10.6 Å². The maximum Gasteiger partial charge on any atom is 0.311 e. The maximum absolute atomic E-state index is 11.1. The quantitative estimate of drug-likeness (QED) is 0.615. The summed E-state index contributed by atoms with van der Waals surface area (Å²) in [5.41, 5.74) is 0.0502. The van der Waals surface area contributed by atoms with Crippen molar-refractivity contribution in [3.63, 3.8) is 0 Å². The number of anilines is 2. The van der Waals surface area contributed by atoms with Crippen LogP contribution in [0.1, 0.15) is 46.0 Å². The minimum Gasteiger partial charge on any atom is -0.370 e. The maximum atomic E-state index is 11.1. The Labute approximate surface area is 125 Å². The third-order valence-electron chi connectivity index (χ3n) is 4.19. The van der Waals surface area contributed by atoms with Gasteiger partial charge in [0.2, 0.25) is 5.82 Å². The van der Waals surface area contributed by atoms with Crippen LogP contribution >= 0.6 is 0 Å². The highest BCUT2D eigenvalue weighted by Gasteiger charge is 2.23. The first-order valence-electron chi connectivity index (χ1n) is 7.79.